The summed E-state index contributed by atoms with van der Waals surface area (Å²) in [7, 11) is 4.01. The third-order valence-corrected chi connectivity index (χ3v) is 5.75. The lowest BCUT2D eigenvalue weighted by Gasteiger charge is -2.12. The van der Waals surface area contributed by atoms with Crippen molar-refractivity contribution in [2.45, 2.75) is 13.8 Å². The number of rotatable bonds is 2. The van der Waals surface area contributed by atoms with Crippen LogP contribution in [0.2, 0.25) is 0 Å². The Balaban J connectivity index is 0.00000105. The Morgan fingerprint density at radius 1 is 0.906 bits per heavy atom. The number of nitrogens with zero attached hydrogens (tertiary/aromatic N) is 3. The van der Waals surface area contributed by atoms with Crippen LogP contribution >= 0.6 is 0 Å². The van der Waals surface area contributed by atoms with Crippen molar-refractivity contribution in [2.24, 2.45) is 7.05 Å². The molecule has 0 fully saturated rings. The second-order valence-corrected chi connectivity index (χ2v) is 7.51. The van der Waals surface area contributed by atoms with Gasteiger partial charge in [-0.3, -0.25) is 0 Å². The quantitative estimate of drug-likeness (QED) is 0.323. The zero-order valence-electron chi connectivity index (χ0n) is 18.7. The molecule has 0 unspecified atom stereocenters. The number of anilines is 1. The number of hydrogen-bond acceptors (Lipinski definition) is 3. The molecule has 0 spiro atoms. The smallest absolute Gasteiger partial charge is 0.379 e. The summed E-state index contributed by atoms with van der Waals surface area (Å²) in [4.78, 5) is 2.05. The fourth-order valence-corrected chi connectivity index (χ4v) is 4.09. The summed E-state index contributed by atoms with van der Waals surface area (Å²) >= 11 is 0. The summed E-state index contributed by atoms with van der Waals surface area (Å²) in [6.45, 7) is 4.00. The Hall–Kier alpha value is -3.99. The molecule has 3 aromatic carbocycles. The molecule has 5 nitrogen and oxygen atoms in total. The maximum Gasteiger partial charge on any atom is 0.379 e. The van der Waals surface area contributed by atoms with Gasteiger partial charge in [-0.05, 0) is 41.8 Å². The topological polar surface area (TPSA) is 34.4 Å². The maximum atomic E-state index is 6.14. The third kappa shape index (κ3) is 3.14. The van der Waals surface area contributed by atoms with Crippen LogP contribution in [0.3, 0.4) is 0 Å². The zero-order valence-corrected chi connectivity index (χ0v) is 18.7. The molecule has 5 aromatic rings. The zero-order chi connectivity index (χ0) is 22.2. The Labute approximate surface area is 187 Å². The van der Waals surface area contributed by atoms with Crippen molar-refractivity contribution >= 4 is 33.8 Å². The molecule has 0 saturated carbocycles. The van der Waals surface area contributed by atoms with Crippen LogP contribution in [0.15, 0.2) is 89.3 Å². The first-order chi connectivity index (χ1) is 15.7. The molecule has 0 aliphatic carbocycles. The first-order valence-corrected chi connectivity index (χ1v) is 10.9. The molecule has 0 radical (unpaired) electrons. The maximum absolute atomic E-state index is 6.14. The van der Waals surface area contributed by atoms with Gasteiger partial charge in [-0.1, -0.05) is 44.2 Å². The summed E-state index contributed by atoms with van der Waals surface area (Å²) < 4.78 is 16.4. The van der Waals surface area contributed by atoms with Crippen LogP contribution in [0.25, 0.3) is 33.8 Å². The molecule has 3 heterocycles. The number of benzene rings is 3. The van der Waals surface area contributed by atoms with Crippen molar-refractivity contribution in [3.05, 3.63) is 90.8 Å². The van der Waals surface area contributed by atoms with E-state index in [1.807, 2.05) is 68.9 Å². The predicted octanol–water partition coefficient (Wildman–Crippen LogP) is 6.05. The summed E-state index contributed by atoms with van der Waals surface area (Å²) in [5, 5.41) is 1.22. The average molecular weight is 425 g/mol. The molecule has 5 heteroatoms. The largest absolute Gasteiger partial charge is 0.438 e. The Kier molecular flexibility index (Phi) is 4.94. The van der Waals surface area contributed by atoms with Gasteiger partial charge in [0.2, 0.25) is 11.5 Å². The van der Waals surface area contributed by atoms with Crippen molar-refractivity contribution in [1.82, 2.24) is 4.57 Å². The summed E-state index contributed by atoms with van der Waals surface area (Å²) in [6, 6.07) is 24.8. The predicted molar refractivity (Wildman–Crippen MR) is 129 cm³/mol. The lowest BCUT2D eigenvalue weighted by molar-refractivity contribution is -0.652. The lowest BCUT2D eigenvalue weighted by Crippen LogP contribution is -2.29. The number of oxazole rings is 1. The molecule has 0 saturated heterocycles. The van der Waals surface area contributed by atoms with Gasteiger partial charge in [-0.2, -0.15) is 4.57 Å². The third-order valence-electron chi connectivity index (χ3n) is 5.75. The van der Waals surface area contributed by atoms with E-state index in [0.717, 1.165) is 40.0 Å². The fourth-order valence-electron chi connectivity index (χ4n) is 4.09. The molecule has 0 N–H and O–H groups in total. The minimum atomic E-state index is 0.731. The van der Waals surface area contributed by atoms with Crippen LogP contribution in [-0.4, -0.2) is 11.6 Å². The highest BCUT2D eigenvalue weighted by atomic mass is 16.5. The van der Waals surface area contributed by atoms with Gasteiger partial charge in [-0.25, -0.2) is 0 Å². The number of aromatic nitrogens is 2. The molecule has 0 bridgehead atoms. The highest BCUT2D eigenvalue weighted by Gasteiger charge is 2.27. The van der Waals surface area contributed by atoms with E-state index in [4.69, 9.17) is 9.15 Å². The molecule has 0 atom stereocenters. The number of para-hydroxylation sites is 3. The van der Waals surface area contributed by atoms with Gasteiger partial charge < -0.3 is 18.6 Å². The van der Waals surface area contributed by atoms with Gasteiger partial charge >= 0.3 is 5.89 Å². The fraction of sp³-hybridized carbons (Fsp3) is 0.148. The number of ether oxygens (including phenoxy) is 1. The van der Waals surface area contributed by atoms with E-state index in [-0.39, 0.29) is 0 Å². The molecule has 160 valence electrons. The van der Waals surface area contributed by atoms with Crippen LogP contribution in [-0.2, 0) is 7.05 Å². The van der Waals surface area contributed by atoms with E-state index >= 15 is 0 Å². The lowest BCUT2D eigenvalue weighted by atomic mass is 10.2. The van der Waals surface area contributed by atoms with Crippen LogP contribution in [0, 0.1) is 0 Å². The van der Waals surface area contributed by atoms with E-state index in [9.17, 15) is 0 Å². The summed E-state index contributed by atoms with van der Waals surface area (Å²) in [5.74, 6) is 2.30. The first-order valence-electron chi connectivity index (χ1n) is 10.9. The van der Waals surface area contributed by atoms with E-state index < -0.39 is 0 Å². The summed E-state index contributed by atoms with van der Waals surface area (Å²) in [6.07, 6.45) is 4.04. The first kappa shape index (κ1) is 19.9. The SMILES string of the molecule is CC.CN1C(=Cc2oc3ccccc3[n+]2C)Oc2ccc(-n3ccc4ccccc43)cc21. The van der Waals surface area contributed by atoms with Gasteiger partial charge in [0.15, 0.2) is 5.75 Å². The van der Waals surface area contributed by atoms with E-state index in [2.05, 4.69) is 58.1 Å². The van der Waals surface area contributed by atoms with Crippen molar-refractivity contribution in [3.63, 3.8) is 0 Å². The van der Waals surface area contributed by atoms with Crippen LogP contribution in [0.1, 0.15) is 19.7 Å². The highest BCUT2D eigenvalue weighted by molar-refractivity contribution is 5.83. The molecule has 2 aromatic heterocycles. The minimum Gasteiger partial charge on any atom is -0.438 e. The molecule has 1 aliphatic rings. The van der Waals surface area contributed by atoms with Crippen molar-refractivity contribution in [2.75, 3.05) is 11.9 Å². The van der Waals surface area contributed by atoms with Crippen LogP contribution < -0.4 is 14.2 Å². The number of aryl methyl sites for hydroxylation is 1. The molecule has 32 heavy (non-hydrogen) atoms. The number of fused-ring (bicyclic) bond motifs is 3. The summed E-state index contributed by atoms with van der Waals surface area (Å²) in [5.41, 5.74) is 5.20. The molecule has 1 aliphatic heterocycles. The average Bonchev–Trinajstić information content (AvgIpc) is 3.50. The monoisotopic (exact) mass is 424 g/mol. The molecule has 6 rings (SSSR count). The van der Waals surface area contributed by atoms with E-state index in [0.29, 0.717) is 0 Å². The van der Waals surface area contributed by atoms with Crippen molar-refractivity contribution in [1.29, 1.82) is 0 Å². The standard InChI is InChI=1S/C25H20N3O2.C2H6/c1-26-20-9-5-6-10-22(20)29-24(26)16-25-27(2)21-15-18(11-12-23(21)30-25)28-14-13-17-7-3-4-8-19(17)28;1-2/h3-16H,1-2H3;1-2H3/q+1;. The molecular weight excluding hydrogens is 398 g/mol. The van der Waals surface area contributed by atoms with Crippen LogP contribution in [0.4, 0.5) is 5.69 Å². The van der Waals surface area contributed by atoms with Gasteiger partial charge in [0.05, 0.1) is 11.2 Å². The van der Waals surface area contributed by atoms with E-state index in [1.165, 1.54) is 10.9 Å². The molecular formula is C27H26N3O2+. The van der Waals surface area contributed by atoms with Crippen molar-refractivity contribution in [3.8, 4) is 11.4 Å². The second kappa shape index (κ2) is 7.93. The van der Waals surface area contributed by atoms with Gasteiger partial charge in [-0.15, -0.1) is 0 Å². The Bertz CT molecular complexity index is 1460. The minimum absolute atomic E-state index is 0.731. The highest BCUT2D eigenvalue weighted by Crippen LogP contribution is 2.40. The van der Waals surface area contributed by atoms with Gasteiger partial charge in [0.1, 0.15) is 13.1 Å². The van der Waals surface area contributed by atoms with Crippen molar-refractivity contribution < 1.29 is 13.7 Å². The molecule has 0 amide bonds. The van der Waals surface area contributed by atoms with E-state index in [1.54, 1.807) is 0 Å². The van der Waals surface area contributed by atoms with Gasteiger partial charge in [0, 0.05) is 25.0 Å². The van der Waals surface area contributed by atoms with Crippen LogP contribution in [0.5, 0.6) is 5.75 Å². The van der Waals surface area contributed by atoms with Gasteiger partial charge in [0.25, 0.3) is 5.52 Å². The number of hydrogen-bond donors (Lipinski definition) is 0. The Morgan fingerprint density at radius 2 is 1.69 bits per heavy atom. The normalized spacial score (nSPS) is 13.9. The second-order valence-electron chi connectivity index (χ2n) is 7.51. The Morgan fingerprint density at radius 3 is 2.53 bits per heavy atom.